The molecule has 0 bridgehead atoms. The summed E-state index contributed by atoms with van der Waals surface area (Å²) in [5.74, 6) is 1.02. The molecule has 26 heavy (non-hydrogen) atoms. The van der Waals surface area contributed by atoms with Crippen LogP contribution in [0.3, 0.4) is 0 Å². The van der Waals surface area contributed by atoms with Crippen LogP contribution < -0.4 is 5.32 Å². The highest BCUT2D eigenvalue weighted by molar-refractivity contribution is 5.82. The molecule has 0 aliphatic carbocycles. The summed E-state index contributed by atoms with van der Waals surface area (Å²) in [6.07, 6.45) is 3.38. The zero-order valence-electron chi connectivity index (χ0n) is 16.0. The van der Waals surface area contributed by atoms with Crippen molar-refractivity contribution < 1.29 is 19.0 Å². The molecule has 148 valence electrons. The van der Waals surface area contributed by atoms with Gasteiger partial charge in [0, 0.05) is 79.5 Å². The molecule has 0 aromatic carbocycles. The van der Waals surface area contributed by atoms with Crippen molar-refractivity contribution in [1.29, 1.82) is 0 Å². The monoisotopic (exact) mass is 368 g/mol. The number of aliphatic imine (C=N–C) groups is 1. The Bertz CT molecular complexity index is 493. The van der Waals surface area contributed by atoms with E-state index < -0.39 is 0 Å². The maximum absolute atomic E-state index is 12.5. The summed E-state index contributed by atoms with van der Waals surface area (Å²) in [5.41, 5.74) is -0.189. The number of hydrogen-bond donors (Lipinski definition) is 1. The van der Waals surface area contributed by atoms with Crippen LogP contribution in [0.4, 0.5) is 0 Å². The van der Waals surface area contributed by atoms with Gasteiger partial charge < -0.3 is 29.3 Å². The number of rotatable bonds is 4. The van der Waals surface area contributed by atoms with Gasteiger partial charge in [-0.25, -0.2) is 0 Å². The van der Waals surface area contributed by atoms with E-state index in [1.54, 1.807) is 14.2 Å². The molecule has 3 saturated heterocycles. The summed E-state index contributed by atoms with van der Waals surface area (Å²) < 4.78 is 16.8. The Hall–Kier alpha value is -1.38. The molecule has 0 radical (unpaired) electrons. The maximum Gasteiger partial charge on any atom is 0.251 e. The molecule has 3 fully saturated rings. The molecule has 1 N–H and O–H groups in total. The van der Waals surface area contributed by atoms with Crippen LogP contribution in [0.5, 0.6) is 0 Å². The maximum atomic E-state index is 12.5. The van der Waals surface area contributed by atoms with Crippen molar-refractivity contribution >= 4 is 11.9 Å². The van der Waals surface area contributed by atoms with Crippen molar-refractivity contribution in [2.75, 3.05) is 66.7 Å². The number of guanidine groups is 1. The molecule has 0 spiro atoms. The van der Waals surface area contributed by atoms with E-state index in [2.05, 4.69) is 15.2 Å². The number of hydrogen-bond acceptors (Lipinski definition) is 5. The van der Waals surface area contributed by atoms with E-state index in [1.807, 2.05) is 4.90 Å². The summed E-state index contributed by atoms with van der Waals surface area (Å²) in [6.45, 7) is 5.87. The second-order valence-electron chi connectivity index (χ2n) is 7.21. The average Bonchev–Trinajstić information content (AvgIpc) is 3.24. The third kappa shape index (κ3) is 4.47. The fourth-order valence-corrected chi connectivity index (χ4v) is 3.88. The molecule has 1 amide bonds. The fraction of sp³-hybridized carbons (Fsp3) is 0.889. The van der Waals surface area contributed by atoms with Gasteiger partial charge in [0.2, 0.25) is 0 Å². The van der Waals surface area contributed by atoms with Crippen LogP contribution in [0.1, 0.15) is 25.7 Å². The van der Waals surface area contributed by atoms with Gasteiger partial charge in [0.15, 0.2) is 5.96 Å². The average molecular weight is 368 g/mol. The van der Waals surface area contributed by atoms with Crippen LogP contribution >= 0.6 is 0 Å². The highest BCUT2D eigenvalue weighted by atomic mass is 16.5. The van der Waals surface area contributed by atoms with E-state index in [0.717, 1.165) is 57.9 Å². The molecule has 3 rings (SSSR count). The van der Waals surface area contributed by atoms with Gasteiger partial charge in [-0.2, -0.15) is 0 Å². The zero-order valence-corrected chi connectivity index (χ0v) is 16.0. The number of ether oxygens (including phenoxy) is 3. The highest BCUT2D eigenvalue weighted by Crippen LogP contribution is 2.23. The third-order valence-electron chi connectivity index (χ3n) is 5.71. The van der Waals surface area contributed by atoms with Crippen molar-refractivity contribution in [2.45, 2.75) is 37.4 Å². The first-order valence-electron chi connectivity index (χ1n) is 9.66. The van der Waals surface area contributed by atoms with Crippen molar-refractivity contribution in [3.63, 3.8) is 0 Å². The minimum atomic E-state index is -0.228. The molecule has 3 aliphatic rings. The van der Waals surface area contributed by atoms with Gasteiger partial charge in [-0.1, -0.05) is 0 Å². The van der Waals surface area contributed by atoms with Gasteiger partial charge in [0.1, 0.15) is 6.10 Å². The Morgan fingerprint density at radius 1 is 1.19 bits per heavy atom. The van der Waals surface area contributed by atoms with Crippen molar-refractivity contribution in [2.24, 2.45) is 4.99 Å². The molecule has 8 nitrogen and oxygen atoms in total. The van der Waals surface area contributed by atoms with E-state index in [4.69, 9.17) is 14.2 Å². The van der Waals surface area contributed by atoms with Crippen LogP contribution in [0.15, 0.2) is 4.99 Å². The Balaban J connectivity index is 1.48. The molecule has 0 saturated carbocycles. The predicted octanol–water partition coefficient (Wildman–Crippen LogP) is 0.0806. The third-order valence-corrected chi connectivity index (χ3v) is 5.71. The number of nitrogens with zero attached hydrogens (tertiary/aromatic N) is 3. The molecule has 1 atom stereocenters. The Morgan fingerprint density at radius 3 is 2.46 bits per heavy atom. The van der Waals surface area contributed by atoms with Gasteiger partial charge in [0.05, 0.1) is 5.60 Å². The molecular weight excluding hydrogens is 336 g/mol. The lowest BCUT2D eigenvalue weighted by atomic mass is 9.94. The molecule has 1 unspecified atom stereocenters. The van der Waals surface area contributed by atoms with E-state index in [0.29, 0.717) is 26.2 Å². The SMILES string of the molecule is CN=C(NCC1(OC)CCOCC1)N1CCN(C(=O)C2CCCO2)CC1. The predicted molar refractivity (Wildman–Crippen MR) is 98.3 cm³/mol. The Morgan fingerprint density at radius 2 is 1.88 bits per heavy atom. The number of piperazine rings is 1. The summed E-state index contributed by atoms with van der Waals surface area (Å²) in [7, 11) is 3.57. The zero-order chi connectivity index (χ0) is 18.4. The minimum absolute atomic E-state index is 0.144. The van der Waals surface area contributed by atoms with Crippen molar-refractivity contribution in [1.82, 2.24) is 15.1 Å². The fourth-order valence-electron chi connectivity index (χ4n) is 3.88. The number of carbonyl (C=O) groups excluding carboxylic acids is 1. The standard InChI is InChI=1S/C18H32N4O4/c1-19-17(20-14-18(24-2)5-12-25-13-6-18)22-9-7-21(8-10-22)16(23)15-4-3-11-26-15/h15H,3-14H2,1-2H3,(H,19,20). The smallest absolute Gasteiger partial charge is 0.251 e. The lowest BCUT2D eigenvalue weighted by Crippen LogP contribution is -2.57. The van der Waals surface area contributed by atoms with E-state index >= 15 is 0 Å². The van der Waals surface area contributed by atoms with Gasteiger partial charge in [-0.05, 0) is 12.8 Å². The molecular formula is C18H32N4O4. The van der Waals surface area contributed by atoms with Crippen LogP contribution in [-0.2, 0) is 19.0 Å². The number of nitrogens with one attached hydrogen (secondary N) is 1. The quantitative estimate of drug-likeness (QED) is 0.560. The lowest BCUT2D eigenvalue weighted by Gasteiger charge is -2.40. The van der Waals surface area contributed by atoms with Crippen LogP contribution in [0.25, 0.3) is 0 Å². The van der Waals surface area contributed by atoms with Gasteiger partial charge in [-0.15, -0.1) is 0 Å². The topological polar surface area (TPSA) is 75.6 Å². The van der Waals surface area contributed by atoms with E-state index in [-0.39, 0.29) is 17.6 Å². The second kappa shape index (κ2) is 9.01. The van der Waals surface area contributed by atoms with Crippen molar-refractivity contribution in [3.05, 3.63) is 0 Å². The van der Waals surface area contributed by atoms with Gasteiger partial charge >= 0.3 is 0 Å². The minimum Gasteiger partial charge on any atom is -0.381 e. The Kier molecular flexibility index (Phi) is 6.72. The van der Waals surface area contributed by atoms with Crippen LogP contribution in [0.2, 0.25) is 0 Å². The first-order valence-corrected chi connectivity index (χ1v) is 9.66. The molecule has 0 aromatic heterocycles. The largest absolute Gasteiger partial charge is 0.381 e. The van der Waals surface area contributed by atoms with Crippen LogP contribution in [-0.4, -0.2) is 100 Å². The lowest BCUT2D eigenvalue weighted by molar-refractivity contribution is -0.142. The highest BCUT2D eigenvalue weighted by Gasteiger charge is 2.34. The molecule has 8 heteroatoms. The number of amides is 1. The van der Waals surface area contributed by atoms with Crippen LogP contribution in [0, 0.1) is 0 Å². The summed E-state index contributed by atoms with van der Waals surface area (Å²) in [4.78, 5) is 21.0. The normalized spacial score (nSPS) is 26.8. The Labute approximate surface area is 155 Å². The summed E-state index contributed by atoms with van der Waals surface area (Å²) >= 11 is 0. The van der Waals surface area contributed by atoms with Gasteiger partial charge in [-0.3, -0.25) is 9.79 Å². The molecule has 0 aromatic rings. The first-order chi connectivity index (χ1) is 12.7. The number of methoxy groups -OCH3 is 1. The summed E-state index contributed by atoms with van der Waals surface area (Å²) in [6, 6.07) is 0. The summed E-state index contributed by atoms with van der Waals surface area (Å²) in [5, 5.41) is 3.47. The van der Waals surface area contributed by atoms with E-state index in [1.165, 1.54) is 0 Å². The van der Waals surface area contributed by atoms with Gasteiger partial charge in [0.25, 0.3) is 5.91 Å². The van der Waals surface area contributed by atoms with Crippen molar-refractivity contribution in [3.8, 4) is 0 Å². The molecule has 3 aliphatic heterocycles. The van der Waals surface area contributed by atoms with E-state index in [9.17, 15) is 4.79 Å². The second-order valence-corrected chi connectivity index (χ2v) is 7.21. The first kappa shape index (κ1) is 19.4. The number of carbonyl (C=O) groups is 1. The molecule has 3 heterocycles.